The molecule has 0 bridgehead atoms. The molecule has 9 nitrogen and oxygen atoms in total. The summed E-state index contributed by atoms with van der Waals surface area (Å²) >= 11 is 0. The SMILES string of the molecule is CCOC(c1ccncc1N1CCCC1)C1(C)NC(=O)N(c2ccc(S(=O)(=O)C(F)(F)F)cc2)C1=O. The first-order valence-corrected chi connectivity index (χ1v) is 12.8. The van der Waals surface area contributed by atoms with Crippen molar-refractivity contribution in [1.82, 2.24) is 10.3 Å². The van der Waals surface area contributed by atoms with Crippen molar-refractivity contribution < 1.29 is 35.9 Å². The number of imide groups is 1. The smallest absolute Gasteiger partial charge is 0.371 e. The van der Waals surface area contributed by atoms with Crippen LogP contribution in [-0.2, 0) is 19.4 Å². The number of alkyl halides is 3. The third kappa shape index (κ3) is 4.30. The Morgan fingerprint density at radius 2 is 1.78 bits per heavy atom. The number of urea groups is 1. The maximum absolute atomic E-state index is 13.6. The number of benzene rings is 1. The van der Waals surface area contributed by atoms with E-state index < -0.39 is 43.8 Å². The van der Waals surface area contributed by atoms with Gasteiger partial charge in [0, 0.05) is 31.5 Å². The van der Waals surface area contributed by atoms with Crippen LogP contribution in [0.1, 0.15) is 38.4 Å². The number of nitrogens with one attached hydrogen (secondary N) is 1. The zero-order valence-corrected chi connectivity index (χ0v) is 20.4. The van der Waals surface area contributed by atoms with Gasteiger partial charge in [-0.15, -0.1) is 0 Å². The standard InChI is InChI=1S/C23H25F3N4O5S/c1-3-35-19(17-10-11-27-14-18(17)29-12-4-5-13-29)22(2)20(31)30(21(32)28-22)15-6-8-16(9-7-15)36(33,34)23(24,25)26/h6-11,14,19H,3-5,12-13H2,1-2H3,(H,28,32). The fraction of sp³-hybridized carbons (Fsp3) is 0.435. The third-order valence-corrected chi connectivity index (χ3v) is 7.85. The van der Waals surface area contributed by atoms with Crippen LogP contribution in [0, 0.1) is 0 Å². The first-order valence-electron chi connectivity index (χ1n) is 11.3. The molecule has 2 fully saturated rings. The van der Waals surface area contributed by atoms with E-state index in [2.05, 4.69) is 15.2 Å². The van der Waals surface area contributed by atoms with Crippen molar-refractivity contribution in [3.05, 3.63) is 48.3 Å². The molecule has 1 aromatic heterocycles. The molecule has 0 radical (unpaired) electrons. The van der Waals surface area contributed by atoms with Crippen LogP contribution in [0.5, 0.6) is 0 Å². The van der Waals surface area contributed by atoms with Crippen LogP contribution >= 0.6 is 0 Å². The minimum Gasteiger partial charge on any atom is -0.371 e. The molecule has 2 aliphatic rings. The molecule has 4 rings (SSSR count). The first-order chi connectivity index (χ1) is 16.9. The molecule has 0 aliphatic carbocycles. The molecule has 194 valence electrons. The Morgan fingerprint density at radius 3 is 2.36 bits per heavy atom. The molecular weight excluding hydrogens is 501 g/mol. The van der Waals surface area contributed by atoms with Crippen molar-refractivity contribution in [2.75, 3.05) is 29.5 Å². The van der Waals surface area contributed by atoms with Crippen molar-refractivity contribution in [2.45, 2.75) is 48.7 Å². The summed E-state index contributed by atoms with van der Waals surface area (Å²) in [5.74, 6) is -0.693. The quantitative estimate of drug-likeness (QED) is 0.550. The number of rotatable bonds is 7. The summed E-state index contributed by atoms with van der Waals surface area (Å²) in [6.07, 6.45) is 4.38. The number of sulfone groups is 1. The number of ether oxygens (including phenoxy) is 1. The van der Waals surface area contributed by atoms with Gasteiger partial charge >= 0.3 is 11.5 Å². The number of pyridine rings is 1. The van der Waals surface area contributed by atoms with E-state index in [9.17, 15) is 31.2 Å². The van der Waals surface area contributed by atoms with Gasteiger partial charge in [0.15, 0.2) is 0 Å². The lowest BCUT2D eigenvalue weighted by Gasteiger charge is -2.34. The highest BCUT2D eigenvalue weighted by Gasteiger charge is 2.55. The number of anilines is 2. The zero-order chi connectivity index (χ0) is 26.3. The molecule has 13 heteroatoms. The summed E-state index contributed by atoms with van der Waals surface area (Å²) in [4.78, 5) is 32.7. The van der Waals surface area contributed by atoms with E-state index in [1.54, 1.807) is 25.4 Å². The van der Waals surface area contributed by atoms with Gasteiger partial charge in [-0.25, -0.2) is 18.1 Å². The lowest BCUT2D eigenvalue weighted by Crippen LogP contribution is -2.50. The molecule has 0 spiro atoms. The highest BCUT2D eigenvalue weighted by molar-refractivity contribution is 7.92. The van der Waals surface area contributed by atoms with Crippen LogP contribution < -0.4 is 15.1 Å². The number of aromatic nitrogens is 1. The van der Waals surface area contributed by atoms with E-state index in [1.165, 1.54) is 6.92 Å². The summed E-state index contributed by atoms with van der Waals surface area (Å²) in [6.45, 7) is 5.13. The van der Waals surface area contributed by atoms with E-state index in [-0.39, 0.29) is 12.3 Å². The summed E-state index contributed by atoms with van der Waals surface area (Å²) in [5.41, 5.74) is -5.65. The molecule has 36 heavy (non-hydrogen) atoms. The molecule has 3 amide bonds. The highest BCUT2D eigenvalue weighted by atomic mass is 32.2. The zero-order valence-electron chi connectivity index (χ0n) is 19.6. The Morgan fingerprint density at radius 1 is 1.14 bits per heavy atom. The second-order valence-electron chi connectivity index (χ2n) is 8.68. The van der Waals surface area contributed by atoms with E-state index in [4.69, 9.17) is 4.74 Å². The minimum absolute atomic E-state index is 0.0768. The minimum atomic E-state index is -5.57. The molecule has 1 N–H and O–H groups in total. The lowest BCUT2D eigenvalue weighted by atomic mass is 9.88. The molecule has 2 atom stereocenters. The van der Waals surface area contributed by atoms with Crippen LogP contribution in [-0.4, -0.2) is 56.1 Å². The number of carbonyl (C=O) groups is 2. The third-order valence-electron chi connectivity index (χ3n) is 6.35. The average molecular weight is 527 g/mol. The maximum atomic E-state index is 13.6. The second-order valence-corrected chi connectivity index (χ2v) is 10.6. The van der Waals surface area contributed by atoms with Crippen molar-refractivity contribution in [3.8, 4) is 0 Å². The summed E-state index contributed by atoms with van der Waals surface area (Å²) in [6, 6.07) is 4.32. The Bertz CT molecular complexity index is 1260. The van der Waals surface area contributed by atoms with Crippen LogP contribution in [0.2, 0.25) is 0 Å². The topological polar surface area (TPSA) is 109 Å². The van der Waals surface area contributed by atoms with E-state index in [0.717, 1.165) is 48.7 Å². The van der Waals surface area contributed by atoms with Crippen molar-refractivity contribution in [3.63, 3.8) is 0 Å². The summed E-state index contributed by atoms with van der Waals surface area (Å²) in [5, 5.41) is 2.67. The molecule has 1 aromatic carbocycles. The van der Waals surface area contributed by atoms with Gasteiger partial charge in [0.25, 0.3) is 15.7 Å². The second kappa shape index (κ2) is 9.36. The van der Waals surface area contributed by atoms with Crippen LogP contribution in [0.4, 0.5) is 29.3 Å². The number of hydrogen-bond donors (Lipinski definition) is 1. The fourth-order valence-electron chi connectivity index (χ4n) is 4.55. The van der Waals surface area contributed by atoms with E-state index >= 15 is 0 Å². The predicted octanol–water partition coefficient (Wildman–Crippen LogP) is 3.57. The Balaban J connectivity index is 1.69. The van der Waals surface area contributed by atoms with Gasteiger partial charge in [-0.1, -0.05) is 0 Å². The molecule has 2 saturated heterocycles. The normalized spacial score (nSPS) is 21.7. The molecule has 2 aliphatic heterocycles. The fourth-order valence-corrected chi connectivity index (χ4v) is 5.31. The molecule has 2 unspecified atom stereocenters. The number of nitrogens with zero attached hydrogens (tertiary/aromatic N) is 3. The highest BCUT2D eigenvalue weighted by Crippen LogP contribution is 2.41. The molecule has 2 aromatic rings. The lowest BCUT2D eigenvalue weighted by molar-refractivity contribution is -0.127. The Hall–Kier alpha value is -3.19. The number of amides is 3. The number of hydrogen-bond acceptors (Lipinski definition) is 7. The summed E-state index contributed by atoms with van der Waals surface area (Å²) < 4.78 is 68.0. The predicted molar refractivity (Wildman–Crippen MR) is 124 cm³/mol. The van der Waals surface area contributed by atoms with E-state index in [1.807, 2.05) is 0 Å². The maximum Gasteiger partial charge on any atom is 0.501 e. The van der Waals surface area contributed by atoms with Gasteiger partial charge in [0.2, 0.25) is 0 Å². The van der Waals surface area contributed by atoms with Crippen LogP contribution in [0.3, 0.4) is 0 Å². The van der Waals surface area contributed by atoms with Gasteiger partial charge in [0.1, 0.15) is 11.6 Å². The monoisotopic (exact) mass is 526 g/mol. The first kappa shape index (κ1) is 25.9. The average Bonchev–Trinajstić information content (AvgIpc) is 3.44. The van der Waals surface area contributed by atoms with Crippen molar-refractivity contribution in [1.29, 1.82) is 0 Å². The number of halogens is 3. The van der Waals surface area contributed by atoms with Crippen molar-refractivity contribution in [2.24, 2.45) is 0 Å². The van der Waals surface area contributed by atoms with Gasteiger partial charge in [-0.05, 0) is 57.0 Å². The summed E-state index contributed by atoms with van der Waals surface area (Å²) in [7, 11) is -5.57. The Kier molecular flexibility index (Phi) is 6.73. The van der Waals surface area contributed by atoms with Gasteiger partial charge < -0.3 is 15.0 Å². The molecular formula is C23H25F3N4O5S. The number of carbonyl (C=O) groups excluding carboxylic acids is 2. The van der Waals surface area contributed by atoms with Gasteiger partial charge in [-0.3, -0.25) is 9.78 Å². The van der Waals surface area contributed by atoms with Gasteiger partial charge in [0.05, 0.1) is 22.5 Å². The van der Waals surface area contributed by atoms with E-state index in [0.29, 0.717) is 17.7 Å². The van der Waals surface area contributed by atoms with Crippen LogP contribution in [0.15, 0.2) is 47.6 Å². The van der Waals surface area contributed by atoms with Crippen LogP contribution in [0.25, 0.3) is 0 Å². The van der Waals surface area contributed by atoms with Gasteiger partial charge in [-0.2, -0.15) is 13.2 Å². The Labute approximate surface area is 206 Å². The van der Waals surface area contributed by atoms with Crippen molar-refractivity contribution >= 4 is 33.2 Å². The molecule has 3 heterocycles. The largest absolute Gasteiger partial charge is 0.501 e. The molecule has 0 saturated carbocycles.